The van der Waals surface area contributed by atoms with Crippen LogP contribution in [0.3, 0.4) is 0 Å². The number of piperidine rings is 1. The van der Waals surface area contributed by atoms with E-state index in [1.54, 1.807) is 11.3 Å². The van der Waals surface area contributed by atoms with Crippen LogP contribution >= 0.6 is 11.3 Å². The van der Waals surface area contributed by atoms with E-state index in [0.717, 1.165) is 48.7 Å². The number of aromatic nitrogens is 2. The minimum absolute atomic E-state index is 0.199. The second kappa shape index (κ2) is 7.43. The Morgan fingerprint density at radius 1 is 1.15 bits per heavy atom. The highest BCUT2D eigenvalue weighted by molar-refractivity contribution is 7.13. The molecule has 4 rings (SSSR count). The molecule has 5 nitrogen and oxygen atoms in total. The summed E-state index contributed by atoms with van der Waals surface area (Å²) in [6.45, 7) is 2.43. The number of carboxylic acids is 1. The number of aliphatic carboxylic acids is 1. The fourth-order valence-corrected chi connectivity index (χ4v) is 4.18. The molecule has 0 aliphatic carbocycles. The van der Waals surface area contributed by atoms with Crippen molar-refractivity contribution in [2.45, 2.75) is 19.4 Å². The smallest absolute Gasteiger partial charge is 0.306 e. The maximum absolute atomic E-state index is 11.2. The normalized spacial score (nSPS) is 16.0. The SMILES string of the molecule is O=C(O)C1CCN(Cc2cn(-c3ccccc3)nc2-c2cccs2)CC1. The number of nitrogens with zero attached hydrogens (tertiary/aromatic N) is 3. The Kier molecular flexibility index (Phi) is 4.86. The summed E-state index contributed by atoms with van der Waals surface area (Å²) >= 11 is 1.69. The molecule has 0 radical (unpaired) electrons. The molecule has 1 aliphatic heterocycles. The molecular formula is C20H21N3O2S. The van der Waals surface area contributed by atoms with Crippen LogP contribution in [0.25, 0.3) is 16.3 Å². The Bertz CT molecular complexity index is 866. The monoisotopic (exact) mass is 367 g/mol. The van der Waals surface area contributed by atoms with Crippen LogP contribution in [0.4, 0.5) is 0 Å². The lowest BCUT2D eigenvalue weighted by atomic mass is 9.97. The van der Waals surface area contributed by atoms with E-state index in [-0.39, 0.29) is 5.92 Å². The molecule has 0 spiro atoms. The van der Waals surface area contributed by atoms with E-state index in [1.807, 2.05) is 41.1 Å². The van der Waals surface area contributed by atoms with Gasteiger partial charge < -0.3 is 5.11 Å². The van der Waals surface area contributed by atoms with Crippen molar-refractivity contribution in [3.63, 3.8) is 0 Å². The summed E-state index contributed by atoms with van der Waals surface area (Å²) in [5, 5.41) is 16.1. The number of para-hydroxylation sites is 1. The topological polar surface area (TPSA) is 58.4 Å². The third-order valence-corrected chi connectivity index (χ3v) is 5.77. The van der Waals surface area contributed by atoms with Crippen LogP contribution in [0.1, 0.15) is 18.4 Å². The minimum Gasteiger partial charge on any atom is -0.481 e. The van der Waals surface area contributed by atoms with Crippen molar-refractivity contribution in [1.82, 2.24) is 14.7 Å². The van der Waals surface area contributed by atoms with Gasteiger partial charge in [0.1, 0.15) is 5.69 Å². The average Bonchev–Trinajstić information content (AvgIpc) is 3.32. The molecule has 1 saturated heterocycles. The number of hydrogen-bond donors (Lipinski definition) is 1. The first-order chi connectivity index (χ1) is 12.7. The van der Waals surface area contributed by atoms with Gasteiger partial charge in [-0.25, -0.2) is 4.68 Å². The minimum atomic E-state index is -0.666. The zero-order valence-electron chi connectivity index (χ0n) is 14.4. The highest BCUT2D eigenvalue weighted by atomic mass is 32.1. The molecule has 1 N–H and O–H groups in total. The lowest BCUT2D eigenvalue weighted by Crippen LogP contribution is -2.35. The summed E-state index contributed by atoms with van der Waals surface area (Å²) in [6, 6.07) is 14.3. The number of carbonyl (C=O) groups is 1. The highest BCUT2D eigenvalue weighted by Crippen LogP contribution is 2.29. The molecule has 26 heavy (non-hydrogen) atoms. The molecular weight excluding hydrogens is 346 g/mol. The van der Waals surface area contributed by atoms with Gasteiger partial charge in [-0.2, -0.15) is 5.10 Å². The number of carboxylic acid groups (broad SMARTS) is 1. The fourth-order valence-electron chi connectivity index (χ4n) is 3.44. The van der Waals surface area contributed by atoms with Crippen molar-refractivity contribution < 1.29 is 9.90 Å². The summed E-state index contributed by atoms with van der Waals surface area (Å²) in [5.74, 6) is -0.865. The van der Waals surface area contributed by atoms with Gasteiger partial charge in [0.05, 0.1) is 16.5 Å². The quantitative estimate of drug-likeness (QED) is 0.743. The molecule has 3 heterocycles. The third-order valence-electron chi connectivity index (χ3n) is 4.90. The largest absolute Gasteiger partial charge is 0.481 e. The van der Waals surface area contributed by atoms with Gasteiger partial charge in [0.2, 0.25) is 0 Å². The van der Waals surface area contributed by atoms with Crippen molar-refractivity contribution >= 4 is 17.3 Å². The van der Waals surface area contributed by atoms with E-state index in [1.165, 1.54) is 5.56 Å². The van der Waals surface area contributed by atoms with E-state index in [4.69, 9.17) is 5.10 Å². The van der Waals surface area contributed by atoms with E-state index in [2.05, 4.69) is 22.5 Å². The Hall–Kier alpha value is -2.44. The molecule has 1 fully saturated rings. The van der Waals surface area contributed by atoms with Crippen molar-refractivity contribution in [1.29, 1.82) is 0 Å². The van der Waals surface area contributed by atoms with Crippen molar-refractivity contribution in [3.8, 4) is 16.3 Å². The number of benzene rings is 1. The van der Waals surface area contributed by atoms with Crippen molar-refractivity contribution in [2.75, 3.05) is 13.1 Å². The standard InChI is InChI=1S/C20H21N3O2S/c24-20(25)15-8-10-22(11-9-15)13-16-14-23(17-5-2-1-3-6-17)21-19(16)18-7-4-12-26-18/h1-7,12,14-15H,8-11,13H2,(H,24,25). The summed E-state index contributed by atoms with van der Waals surface area (Å²) in [7, 11) is 0. The number of likely N-dealkylation sites (tertiary alicyclic amines) is 1. The lowest BCUT2D eigenvalue weighted by Gasteiger charge is -2.29. The van der Waals surface area contributed by atoms with Gasteiger partial charge in [-0.05, 0) is 49.5 Å². The molecule has 0 saturated carbocycles. The lowest BCUT2D eigenvalue weighted by molar-refractivity contribution is -0.143. The van der Waals surface area contributed by atoms with E-state index in [0.29, 0.717) is 0 Å². The molecule has 134 valence electrons. The Morgan fingerprint density at radius 2 is 1.92 bits per heavy atom. The molecule has 3 aromatic rings. The molecule has 1 aliphatic rings. The zero-order chi connectivity index (χ0) is 17.9. The first-order valence-corrected chi connectivity index (χ1v) is 9.71. The van der Waals surface area contributed by atoms with Crippen LogP contribution < -0.4 is 0 Å². The van der Waals surface area contributed by atoms with Crippen LogP contribution in [0.15, 0.2) is 54.0 Å². The summed E-state index contributed by atoms with van der Waals surface area (Å²) in [5.41, 5.74) is 3.25. The van der Waals surface area contributed by atoms with Crippen LogP contribution in [-0.4, -0.2) is 38.8 Å². The second-order valence-electron chi connectivity index (χ2n) is 6.65. The van der Waals surface area contributed by atoms with Gasteiger partial charge in [-0.3, -0.25) is 9.69 Å². The van der Waals surface area contributed by atoms with Gasteiger partial charge >= 0.3 is 5.97 Å². The zero-order valence-corrected chi connectivity index (χ0v) is 15.2. The molecule has 0 unspecified atom stereocenters. The van der Waals surface area contributed by atoms with Gasteiger partial charge in [0.25, 0.3) is 0 Å². The molecule has 0 atom stereocenters. The molecule has 2 aromatic heterocycles. The van der Waals surface area contributed by atoms with Gasteiger partial charge in [-0.1, -0.05) is 24.3 Å². The number of rotatable bonds is 5. The Morgan fingerprint density at radius 3 is 2.58 bits per heavy atom. The second-order valence-corrected chi connectivity index (χ2v) is 7.60. The number of hydrogen-bond acceptors (Lipinski definition) is 4. The van der Waals surface area contributed by atoms with Crippen LogP contribution in [0, 0.1) is 5.92 Å². The average molecular weight is 367 g/mol. The number of thiophene rings is 1. The predicted molar refractivity (Wildman–Crippen MR) is 103 cm³/mol. The fraction of sp³-hybridized carbons (Fsp3) is 0.300. The van der Waals surface area contributed by atoms with Gasteiger partial charge in [0.15, 0.2) is 0 Å². The molecule has 0 bridgehead atoms. The molecule has 6 heteroatoms. The van der Waals surface area contributed by atoms with Gasteiger partial charge in [-0.15, -0.1) is 11.3 Å². The van der Waals surface area contributed by atoms with E-state index >= 15 is 0 Å². The van der Waals surface area contributed by atoms with E-state index < -0.39 is 5.97 Å². The maximum atomic E-state index is 11.2. The van der Waals surface area contributed by atoms with Crippen molar-refractivity contribution in [3.05, 3.63) is 59.6 Å². The summed E-state index contributed by atoms with van der Waals surface area (Å²) in [4.78, 5) is 14.7. The summed E-state index contributed by atoms with van der Waals surface area (Å²) < 4.78 is 1.94. The van der Waals surface area contributed by atoms with Gasteiger partial charge in [0, 0.05) is 18.3 Å². The summed E-state index contributed by atoms with van der Waals surface area (Å²) in [6.07, 6.45) is 3.54. The van der Waals surface area contributed by atoms with Crippen LogP contribution in [-0.2, 0) is 11.3 Å². The van der Waals surface area contributed by atoms with Crippen LogP contribution in [0.5, 0.6) is 0 Å². The highest BCUT2D eigenvalue weighted by Gasteiger charge is 2.25. The maximum Gasteiger partial charge on any atom is 0.306 e. The predicted octanol–water partition coefficient (Wildman–Crippen LogP) is 3.90. The Labute approximate surface area is 156 Å². The molecule has 0 amide bonds. The first-order valence-electron chi connectivity index (χ1n) is 8.84. The van der Waals surface area contributed by atoms with E-state index in [9.17, 15) is 9.90 Å². The third kappa shape index (κ3) is 3.57. The Balaban J connectivity index is 1.59. The first kappa shape index (κ1) is 17.0. The van der Waals surface area contributed by atoms with Crippen LogP contribution in [0.2, 0.25) is 0 Å². The molecule has 1 aromatic carbocycles. The van der Waals surface area contributed by atoms with Crippen molar-refractivity contribution in [2.24, 2.45) is 5.92 Å².